The summed E-state index contributed by atoms with van der Waals surface area (Å²) in [5.41, 5.74) is 0.945. The molecule has 0 spiro atoms. The number of aliphatic hydroxyl groups excluding tert-OH is 1. The minimum Gasteiger partial charge on any atom is -0.367 e. The quantitative estimate of drug-likeness (QED) is 0.525. The van der Waals surface area contributed by atoms with Crippen LogP contribution in [0.4, 0.5) is 0 Å². The Morgan fingerprint density at radius 1 is 1.43 bits per heavy atom. The van der Waals surface area contributed by atoms with E-state index in [9.17, 15) is 5.11 Å². The molecule has 0 radical (unpaired) electrons. The maximum atomic E-state index is 9.57. The van der Waals surface area contributed by atoms with Gasteiger partial charge in [0.15, 0.2) is 6.23 Å². The van der Waals surface area contributed by atoms with E-state index in [0.29, 0.717) is 6.04 Å². The molecular formula is C12H13NO. The predicted octanol–water partition coefficient (Wildman–Crippen LogP) is 1.06. The van der Waals surface area contributed by atoms with Gasteiger partial charge in [0.2, 0.25) is 0 Å². The summed E-state index contributed by atoms with van der Waals surface area (Å²) in [6.45, 7) is 3.03. The van der Waals surface area contributed by atoms with Crippen LogP contribution >= 0.6 is 0 Å². The van der Waals surface area contributed by atoms with Crippen LogP contribution < -0.4 is 0 Å². The standard InChI is InChI=1S/C12H13NO/c1-10-9-13(10)12(14)8-7-11-5-3-2-4-6-11/h2-6,10,12,14H,9H2,1H3. The van der Waals surface area contributed by atoms with E-state index in [0.717, 1.165) is 12.1 Å². The highest BCUT2D eigenvalue weighted by atomic mass is 16.3. The molecule has 0 aromatic heterocycles. The van der Waals surface area contributed by atoms with Crippen molar-refractivity contribution in [3.05, 3.63) is 35.9 Å². The van der Waals surface area contributed by atoms with Crippen LogP contribution in [0, 0.1) is 11.8 Å². The Morgan fingerprint density at radius 3 is 2.64 bits per heavy atom. The van der Waals surface area contributed by atoms with Gasteiger partial charge in [0.05, 0.1) is 0 Å². The fourth-order valence-corrected chi connectivity index (χ4v) is 1.35. The van der Waals surface area contributed by atoms with Crippen molar-refractivity contribution in [1.82, 2.24) is 4.90 Å². The lowest BCUT2D eigenvalue weighted by molar-refractivity contribution is 0.128. The van der Waals surface area contributed by atoms with Crippen molar-refractivity contribution in [3.8, 4) is 11.8 Å². The fraction of sp³-hybridized carbons (Fsp3) is 0.333. The average molecular weight is 187 g/mol. The molecule has 2 heteroatoms. The third kappa shape index (κ3) is 2.14. The molecule has 1 aromatic carbocycles. The first kappa shape index (κ1) is 9.26. The summed E-state index contributed by atoms with van der Waals surface area (Å²) in [6, 6.07) is 10.2. The molecule has 2 rings (SSSR count). The van der Waals surface area contributed by atoms with Gasteiger partial charge in [-0.1, -0.05) is 24.1 Å². The first-order valence-corrected chi connectivity index (χ1v) is 4.78. The van der Waals surface area contributed by atoms with Crippen molar-refractivity contribution in [2.24, 2.45) is 0 Å². The van der Waals surface area contributed by atoms with Crippen LogP contribution in [0.5, 0.6) is 0 Å². The molecule has 1 heterocycles. The Kier molecular flexibility index (Phi) is 2.53. The van der Waals surface area contributed by atoms with E-state index in [1.54, 1.807) is 0 Å². The Bertz CT molecular complexity index is 363. The van der Waals surface area contributed by atoms with Crippen molar-refractivity contribution in [1.29, 1.82) is 0 Å². The smallest absolute Gasteiger partial charge is 0.171 e. The van der Waals surface area contributed by atoms with Crippen LogP contribution in [-0.2, 0) is 0 Å². The molecule has 1 aliphatic rings. The molecule has 1 aliphatic heterocycles. The van der Waals surface area contributed by atoms with Crippen molar-refractivity contribution in [3.63, 3.8) is 0 Å². The van der Waals surface area contributed by atoms with E-state index in [1.807, 2.05) is 35.2 Å². The molecule has 0 saturated carbocycles. The van der Waals surface area contributed by atoms with E-state index < -0.39 is 6.23 Å². The van der Waals surface area contributed by atoms with Crippen LogP contribution in [-0.4, -0.2) is 28.8 Å². The Labute approximate surface area is 84.2 Å². The Balaban J connectivity index is 2.00. The molecule has 1 aromatic rings. The third-order valence-electron chi connectivity index (χ3n) is 2.34. The van der Waals surface area contributed by atoms with Gasteiger partial charge < -0.3 is 5.11 Å². The number of benzene rings is 1. The highest BCUT2D eigenvalue weighted by molar-refractivity contribution is 5.34. The molecule has 1 N–H and O–H groups in total. The lowest BCUT2D eigenvalue weighted by atomic mass is 10.2. The average Bonchev–Trinajstić information content (AvgIpc) is 2.94. The van der Waals surface area contributed by atoms with Crippen LogP contribution in [0.15, 0.2) is 30.3 Å². The lowest BCUT2D eigenvalue weighted by Crippen LogP contribution is -2.16. The third-order valence-corrected chi connectivity index (χ3v) is 2.34. The minimum atomic E-state index is -0.606. The van der Waals surface area contributed by atoms with E-state index in [-0.39, 0.29) is 0 Å². The molecule has 1 saturated heterocycles. The van der Waals surface area contributed by atoms with E-state index >= 15 is 0 Å². The SMILES string of the molecule is CC1CN1C(O)C#Cc1ccccc1. The van der Waals surface area contributed by atoms with E-state index in [4.69, 9.17) is 0 Å². The largest absolute Gasteiger partial charge is 0.367 e. The summed E-state index contributed by atoms with van der Waals surface area (Å²) in [7, 11) is 0. The van der Waals surface area contributed by atoms with Gasteiger partial charge in [0.25, 0.3) is 0 Å². The number of nitrogens with zero attached hydrogens (tertiary/aromatic N) is 1. The molecule has 72 valence electrons. The van der Waals surface area contributed by atoms with Crippen LogP contribution in [0.25, 0.3) is 0 Å². The van der Waals surface area contributed by atoms with E-state index in [2.05, 4.69) is 18.8 Å². The molecular weight excluding hydrogens is 174 g/mol. The summed E-state index contributed by atoms with van der Waals surface area (Å²) in [4.78, 5) is 1.94. The van der Waals surface area contributed by atoms with Gasteiger partial charge in [-0.05, 0) is 25.0 Å². The summed E-state index contributed by atoms with van der Waals surface area (Å²) in [5.74, 6) is 5.77. The maximum absolute atomic E-state index is 9.57. The molecule has 3 unspecified atom stereocenters. The summed E-state index contributed by atoms with van der Waals surface area (Å²) < 4.78 is 0. The monoisotopic (exact) mass is 187 g/mol. The van der Waals surface area contributed by atoms with E-state index in [1.165, 1.54) is 0 Å². The minimum absolute atomic E-state index is 0.482. The van der Waals surface area contributed by atoms with Gasteiger partial charge in [-0.3, -0.25) is 4.90 Å². The number of hydrogen-bond donors (Lipinski definition) is 1. The Morgan fingerprint density at radius 2 is 2.07 bits per heavy atom. The van der Waals surface area contributed by atoms with Crippen LogP contribution in [0.1, 0.15) is 12.5 Å². The van der Waals surface area contributed by atoms with Crippen molar-refractivity contribution in [2.75, 3.05) is 6.54 Å². The second kappa shape index (κ2) is 3.83. The molecule has 0 amide bonds. The van der Waals surface area contributed by atoms with Crippen LogP contribution in [0.2, 0.25) is 0 Å². The summed E-state index contributed by atoms with van der Waals surface area (Å²) in [6.07, 6.45) is -0.606. The highest BCUT2D eigenvalue weighted by Gasteiger charge is 2.33. The summed E-state index contributed by atoms with van der Waals surface area (Å²) in [5, 5.41) is 9.57. The van der Waals surface area contributed by atoms with Gasteiger partial charge in [-0.2, -0.15) is 0 Å². The molecule has 14 heavy (non-hydrogen) atoms. The topological polar surface area (TPSA) is 23.2 Å². The van der Waals surface area contributed by atoms with Gasteiger partial charge in [0.1, 0.15) is 0 Å². The zero-order valence-electron chi connectivity index (χ0n) is 8.14. The number of rotatable bonds is 1. The van der Waals surface area contributed by atoms with Gasteiger partial charge in [-0.15, -0.1) is 0 Å². The van der Waals surface area contributed by atoms with Gasteiger partial charge in [0, 0.05) is 18.2 Å². The zero-order chi connectivity index (χ0) is 9.97. The maximum Gasteiger partial charge on any atom is 0.171 e. The second-order valence-corrected chi connectivity index (χ2v) is 3.55. The van der Waals surface area contributed by atoms with Gasteiger partial charge >= 0.3 is 0 Å². The van der Waals surface area contributed by atoms with Crippen LogP contribution in [0.3, 0.4) is 0 Å². The zero-order valence-corrected chi connectivity index (χ0v) is 8.14. The lowest BCUT2D eigenvalue weighted by Gasteiger charge is -2.02. The van der Waals surface area contributed by atoms with Crippen molar-refractivity contribution < 1.29 is 5.11 Å². The van der Waals surface area contributed by atoms with Gasteiger partial charge in [-0.25, -0.2) is 0 Å². The molecule has 0 aliphatic carbocycles. The first-order chi connectivity index (χ1) is 6.77. The molecule has 1 fully saturated rings. The molecule has 3 atom stereocenters. The Hall–Kier alpha value is -1.30. The number of aliphatic hydroxyl groups is 1. The fourth-order valence-electron chi connectivity index (χ4n) is 1.35. The first-order valence-electron chi connectivity index (χ1n) is 4.78. The molecule has 2 nitrogen and oxygen atoms in total. The normalized spacial score (nSPS) is 26.1. The second-order valence-electron chi connectivity index (χ2n) is 3.55. The number of hydrogen-bond acceptors (Lipinski definition) is 2. The molecule has 0 bridgehead atoms. The van der Waals surface area contributed by atoms with Crippen molar-refractivity contribution in [2.45, 2.75) is 19.2 Å². The van der Waals surface area contributed by atoms with Crippen molar-refractivity contribution >= 4 is 0 Å². The highest BCUT2D eigenvalue weighted by Crippen LogP contribution is 2.18. The predicted molar refractivity (Wildman–Crippen MR) is 55.5 cm³/mol. The summed E-state index contributed by atoms with van der Waals surface area (Å²) >= 11 is 0.